The standard InChI is InChI=1S/C11H12Cl2N6O/c1-7(16-13)11(20)14-5-8-4-9(12)2-3-10(8)19-6-15-17-18-19/h2-4,6-7,16H,5H2,1H3,(H,14,20)/t7-/m0/s1. The first-order valence-corrected chi connectivity index (χ1v) is 6.53. The summed E-state index contributed by atoms with van der Waals surface area (Å²) >= 11 is 11.4. The average molecular weight is 315 g/mol. The third-order valence-electron chi connectivity index (χ3n) is 2.65. The number of nitrogens with one attached hydrogen (secondary N) is 2. The lowest BCUT2D eigenvalue weighted by atomic mass is 10.1. The van der Waals surface area contributed by atoms with E-state index in [2.05, 4.69) is 25.7 Å². The first-order chi connectivity index (χ1) is 9.61. The van der Waals surface area contributed by atoms with Gasteiger partial charge in [-0.2, -0.15) is 0 Å². The second kappa shape index (κ2) is 6.65. The lowest BCUT2D eigenvalue weighted by Gasteiger charge is -2.12. The summed E-state index contributed by atoms with van der Waals surface area (Å²) in [7, 11) is 0. The SMILES string of the molecule is C[C@H](NCl)C(=O)NCc1cc(Cl)ccc1-n1cnnn1. The maximum absolute atomic E-state index is 11.7. The van der Waals surface area contributed by atoms with Gasteiger partial charge in [0.2, 0.25) is 5.91 Å². The Morgan fingerprint density at radius 1 is 1.50 bits per heavy atom. The maximum Gasteiger partial charge on any atom is 0.238 e. The van der Waals surface area contributed by atoms with Crippen molar-refractivity contribution in [2.24, 2.45) is 0 Å². The first kappa shape index (κ1) is 14.7. The van der Waals surface area contributed by atoms with Crippen molar-refractivity contribution in [3.8, 4) is 5.69 Å². The van der Waals surface area contributed by atoms with E-state index in [-0.39, 0.29) is 12.5 Å². The molecule has 0 saturated carbocycles. The van der Waals surface area contributed by atoms with Gasteiger partial charge in [0.25, 0.3) is 0 Å². The van der Waals surface area contributed by atoms with Crippen molar-refractivity contribution in [2.45, 2.75) is 19.5 Å². The fourth-order valence-corrected chi connectivity index (χ4v) is 1.87. The lowest BCUT2D eigenvalue weighted by Crippen LogP contribution is -2.38. The fourth-order valence-electron chi connectivity index (χ4n) is 1.58. The van der Waals surface area contributed by atoms with Crippen molar-refractivity contribution >= 4 is 29.3 Å². The Bertz CT molecular complexity index is 589. The van der Waals surface area contributed by atoms with E-state index in [9.17, 15) is 4.79 Å². The van der Waals surface area contributed by atoms with Gasteiger partial charge in [0.15, 0.2) is 0 Å². The molecule has 2 aromatic rings. The second-order valence-electron chi connectivity index (χ2n) is 4.08. The van der Waals surface area contributed by atoms with E-state index >= 15 is 0 Å². The molecule has 0 saturated heterocycles. The van der Waals surface area contributed by atoms with Crippen LogP contribution in [0.1, 0.15) is 12.5 Å². The average Bonchev–Trinajstić information content (AvgIpc) is 2.97. The van der Waals surface area contributed by atoms with Crippen molar-refractivity contribution in [1.82, 2.24) is 30.4 Å². The predicted molar refractivity (Wildman–Crippen MR) is 74.5 cm³/mol. The van der Waals surface area contributed by atoms with Gasteiger partial charge < -0.3 is 5.32 Å². The smallest absolute Gasteiger partial charge is 0.238 e. The van der Waals surface area contributed by atoms with Crippen LogP contribution in [-0.2, 0) is 11.3 Å². The minimum Gasteiger partial charge on any atom is -0.351 e. The summed E-state index contributed by atoms with van der Waals surface area (Å²) in [5.41, 5.74) is 1.53. The number of hydrogen-bond acceptors (Lipinski definition) is 5. The molecule has 1 heterocycles. The number of tetrazole rings is 1. The van der Waals surface area contributed by atoms with Crippen LogP contribution in [0.2, 0.25) is 5.02 Å². The van der Waals surface area contributed by atoms with Gasteiger partial charge >= 0.3 is 0 Å². The van der Waals surface area contributed by atoms with Crippen molar-refractivity contribution in [3.05, 3.63) is 35.1 Å². The lowest BCUT2D eigenvalue weighted by molar-refractivity contribution is -0.122. The Kier molecular flexibility index (Phi) is 4.89. The number of carbonyl (C=O) groups is 1. The van der Waals surface area contributed by atoms with Crippen LogP contribution in [0.3, 0.4) is 0 Å². The Morgan fingerprint density at radius 2 is 2.30 bits per heavy atom. The van der Waals surface area contributed by atoms with E-state index in [1.54, 1.807) is 25.1 Å². The van der Waals surface area contributed by atoms with Crippen molar-refractivity contribution in [2.75, 3.05) is 0 Å². The minimum atomic E-state index is -0.493. The molecule has 1 amide bonds. The van der Waals surface area contributed by atoms with Gasteiger partial charge in [-0.05, 0) is 52.9 Å². The topological polar surface area (TPSA) is 84.7 Å². The molecular weight excluding hydrogens is 303 g/mol. The number of amides is 1. The molecule has 1 aromatic heterocycles. The van der Waals surface area contributed by atoms with E-state index in [0.29, 0.717) is 5.02 Å². The second-order valence-corrected chi connectivity index (χ2v) is 4.73. The third kappa shape index (κ3) is 3.44. The van der Waals surface area contributed by atoms with Gasteiger partial charge in [-0.15, -0.1) is 5.10 Å². The highest BCUT2D eigenvalue weighted by Crippen LogP contribution is 2.18. The number of rotatable bonds is 5. The molecular formula is C11H12Cl2N6O. The zero-order valence-electron chi connectivity index (χ0n) is 10.5. The predicted octanol–water partition coefficient (Wildman–Crippen LogP) is 1.06. The molecule has 0 aliphatic carbocycles. The normalized spacial score (nSPS) is 12.2. The quantitative estimate of drug-likeness (QED) is 0.806. The number of nitrogens with zero attached hydrogens (tertiary/aromatic N) is 4. The van der Waals surface area contributed by atoms with Gasteiger partial charge in [0.1, 0.15) is 6.33 Å². The Hall–Kier alpha value is -1.70. The van der Waals surface area contributed by atoms with Crippen LogP contribution in [0.5, 0.6) is 0 Å². The van der Waals surface area contributed by atoms with Crippen LogP contribution in [0.4, 0.5) is 0 Å². The molecule has 0 spiro atoms. The zero-order chi connectivity index (χ0) is 14.5. The molecule has 7 nitrogen and oxygen atoms in total. The maximum atomic E-state index is 11.7. The fraction of sp³-hybridized carbons (Fsp3) is 0.273. The summed E-state index contributed by atoms with van der Waals surface area (Å²) in [5, 5.41) is 14.3. The highest BCUT2D eigenvalue weighted by molar-refractivity contribution is 6.30. The number of carbonyl (C=O) groups excluding carboxylic acids is 1. The van der Waals surface area contributed by atoms with Crippen LogP contribution < -0.4 is 10.2 Å². The molecule has 0 radical (unpaired) electrons. The van der Waals surface area contributed by atoms with Gasteiger partial charge in [-0.3, -0.25) is 4.79 Å². The molecule has 106 valence electrons. The zero-order valence-corrected chi connectivity index (χ0v) is 12.1. The minimum absolute atomic E-state index is 0.220. The van der Waals surface area contributed by atoms with E-state index in [1.807, 2.05) is 0 Å². The molecule has 0 aliphatic rings. The molecule has 2 N–H and O–H groups in total. The van der Waals surface area contributed by atoms with E-state index < -0.39 is 6.04 Å². The van der Waals surface area contributed by atoms with Gasteiger partial charge in [0.05, 0.1) is 11.7 Å². The number of aromatic nitrogens is 4. The molecule has 0 aliphatic heterocycles. The van der Waals surface area contributed by atoms with E-state index in [0.717, 1.165) is 11.3 Å². The summed E-state index contributed by atoms with van der Waals surface area (Å²) in [6.07, 6.45) is 1.47. The van der Waals surface area contributed by atoms with Gasteiger partial charge in [-0.1, -0.05) is 11.6 Å². The van der Waals surface area contributed by atoms with Crippen LogP contribution in [0, 0.1) is 0 Å². The number of hydrogen-bond donors (Lipinski definition) is 2. The molecule has 2 rings (SSSR count). The third-order valence-corrected chi connectivity index (χ3v) is 3.21. The first-order valence-electron chi connectivity index (χ1n) is 5.77. The summed E-state index contributed by atoms with van der Waals surface area (Å²) in [4.78, 5) is 14.0. The highest BCUT2D eigenvalue weighted by atomic mass is 35.5. The molecule has 1 atom stereocenters. The molecule has 1 aromatic carbocycles. The monoisotopic (exact) mass is 314 g/mol. The number of halogens is 2. The summed E-state index contributed by atoms with van der Waals surface area (Å²) in [6, 6.07) is 4.76. The van der Waals surface area contributed by atoms with Crippen LogP contribution in [-0.4, -0.2) is 32.2 Å². The molecule has 0 unspecified atom stereocenters. The van der Waals surface area contributed by atoms with Crippen molar-refractivity contribution in [1.29, 1.82) is 0 Å². The summed E-state index contributed by atoms with van der Waals surface area (Å²) < 4.78 is 1.50. The van der Waals surface area contributed by atoms with E-state index in [4.69, 9.17) is 23.4 Å². The molecule has 9 heteroatoms. The Balaban J connectivity index is 2.18. The van der Waals surface area contributed by atoms with Crippen molar-refractivity contribution < 1.29 is 4.79 Å². The number of benzene rings is 1. The molecule has 20 heavy (non-hydrogen) atoms. The molecule has 0 bridgehead atoms. The molecule has 0 fully saturated rings. The van der Waals surface area contributed by atoms with Crippen LogP contribution in [0.25, 0.3) is 5.69 Å². The van der Waals surface area contributed by atoms with Crippen LogP contribution in [0.15, 0.2) is 24.5 Å². The largest absolute Gasteiger partial charge is 0.351 e. The summed E-state index contributed by atoms with van der Waals surface area (Å²) in [6.45, 7) is 1.94. The summed E-state index contributed by atoms with van der Waals surface area (Å²) in [5.74, 6) is -0.220. The Labute approximate surface area is 125 Å². The van der Waals surface area contributed by atoms with Crippen molar-refractivity contribution in [3.63, 3.8) is 0 Å². The van der Waals surface area contributed by atoms with E-state index in [1.165, 1.54) is 11.0 Å². The Morgan fingerprint density at radius 3 is 2.95 bits per heavy atom. The van der Waals surface area contributed by atoms with Crippen LogP contribution >= 0.6 is 23.4 Å². The van der Waals surface area contributed by atoms with Gasteiger partial charge in [0, 0.05) is 11.6 Å². The van der Waals surface area contributed by atoms with Gasteiger partial charge in [-0.25, -0.2) is 9.52 Å². The highest BCUT2D eigenvalue weighted by Gasteiger charge is 2.13.